The van der Waals surface area contributed by atoms with E-state index in [-0.39, 0.29) is 6.04 Å². The molecule has 13 unspecified atom stereocenters. The van der Waals surface area contributed by atoms with Crippen LogP contribution >= 0.6 is 0 Å². The monoisotopic (exact) mass is 810 g/mol. The number of nitrogens with one attached hydrogen (secondary N) is 1. The highest BCUT2D eigenvalue weighted by atomic mass is 15.2. The minimum atomic E-state index is 0.238. The van der Waals surface area contributed by atoms with Gasteiger partial charge in [0, 0.05) is 47.1 Å². The molecule has 2 saturated carbocycles. The lowest BCUT2D eigenvalue weighted by Crippen LogP contribution is -2.42. The summed E-state index contributed by atoms with van der Waals surface area (Å²) >= 11 is 0. The van der Waals surface area contributed by atoms with Crippen LogP contribution in [0.3, 0.4) is 0 Å². The summed E-state index contributed by atoms with van der Waals surface area (Å²) in [6.07, 6.45) is 59.1. The lowest BCUT2D eigenvalue weighted by atomic mass is 9.57. The van der Waals surface area contributed by atoms with Gasteiger partial charge >= 0.3 is 0 Å². The highest BCUT2D eigenvalue weighted by Gasteiger charge is 2.49. The summed E-state index contributed by atoms with van der Waals surface area (Å²) in [6.45, 7) is 2.55. The van der Waals surface area contributed by atoms with Crippen molar-refractivity contribution in [2.75, 3.05) is 0 Å². The number of benzene rings is 2. The molecule has 2 aliphatic heterocycles. The van der Waals surface area contributed by atoms with E-state index in [4.69, 9.17) is 0 Å². The molecule has 0 amide bonds. The van der Waals surface area contributed by atoms with E-state index in [1.807, 2.05) is 0 Å². The Hall–Kier alpha value is -4.92. The molecule has 2 aromatic carbocycles. The molecule has 13 atom stereocenters. The van der Waals surface area contributed by atoms with Crippen LogP contribution in [0.25, 0.3) is 10.8 Å². The number of fused-ring (bicyclic) bond motifs is 8. The summed E-state index contributed by atoms with van der Waals surface area (Å²) in [5.74, 6) is 5.61. The van der Waals surface area contributed by atoms with E-state index in [1.165, 1.54) is 66.3 Å². The number of rotatable bonds is 5. The molecule has 1 N–H and O–H groups in total. The summed E-state index contributed by atoms with van der Waals surface area (Å²) in [5, 5.41) is 7.40. The Bertz CT molecular complexity index is 2620. The third-order valence-electron chi connectivity index (χ3n) is 17.6. The average Bonchev–Trinajstić information content (AvgIpc) is 4.09. The van der Waals surface area contributed by atoms with E-state index in [0.717, 1.165) is 37.5 Å². The molecule has 9 aliphatic carbocycles. The van der Waals surface area contributed by atoms with Crippen molar-refractivity contribution in [3.63, 3.8) is 0 Å². The van der Waals surface area contributed by atoms with Crippen LogP contribution in [-0.4, -0.2) is 17.0 Å². The molecule has 2 heteroatoms. The zero-order valence-electron chi connectivity index (χ0n) is 36.5. The molecule has 0 aromatic heterocycles. The number of allylic oxidation sites excluding steroid dienone is 20. The molecule has 0 spiro atoms. The van der Waals surface area contributed by atoms with Gasteiger partial charge in [0.15, 0.2) is 0 Å². The molecule has 312 valence electrons. The van der Waals surface area contributed by atoms with Crippen molar-refractivity contribution in [2.45, 2.75) is 95.2 Å². The number of hydrogen-bond donors (Lipinski definition) is 1. The van der Waals surface area contributed by atoms with Crippen LogP contribution < -0.4 is 5.32 Å². The van der Waals surface area contributed by atoms with E-state index < -0.39 is 0 Å². The number of nitrogens with zero attached hydrogens (tertiary/aromatic N) is 1. The zero-order valence-corrected chi connectivity index (χ0v) is 36.5. The maximum absolute atomic E-state index is 4.56. The Morgan fingerprint density at radius 2 is 1.63 bits per heavy atom. The first-order chi connectivity index (χ1) is 30.7. The molecule has 62 heavy (non-hydrogen) atoms. The van der Waals surface area contributed by atoms with Crippen molar-refractivity contribution in [1.29, 1.82) is 0 Å². The third-order valence-corrected chi connectivity index (χ3v) is 17.6. The van der Waals surface area contributed by atoms with Gasteiger partial charge in [-0.15, -0.1) is 0 Å². The van der Waals surface area contributed by atoms with Crippen LogP contribution in [0.1, 0.15) is 94.2 Å². The first kappa shape index (κ1) is 37.6. The Balaban J connectivity index is 0.881. The van der Waals surface area contributed by atoms with Crippen molar-refractivity contribution in [2.24, 2.45) is 53.3 Å². The van der Waals surface area contributed by atoms with Gasteiger partial charge in [-0.1, -0.05) is 158 Å². The Morgan fingerprint density at radius 1 is 0.742 bits per heavy atom. The van der Waals surface area contributed by atoms with Crippen molar-refractivity contribution >= 4 is 10.8 Å². The summed E-state index contributed by atoms with van der Waals surface area (Å²) in [5.41, 5.74) is 14.2. The molecule has 2 aromatic rings. The molecule has 2 nitrogen and oxygen atoms in total. The zero-order chi connectivity index (χ0) is 40.9. The van der Waals surface area contributed by atoms with Crippen LogP contribution in [0, 0.1) is 53.3 Å². The first-order valence-electron chi connectivity index (χ1n) is 24.7. The van der Waals surface area contributed by atoms with Crippen LogP contribution in [0.2, 0.25) is 0 Å². The fraction of sp³-hybridized carbons (Fsp3) is 0.400. The van der Waals surface area contributed by atoms with Crippen LogP contribution in [0.15, 0.2) is 191 Å². The van der Waals surface area contributed by atoms with E-state index in [1.54, 1.807) is 33.4 Å². The third kappa shape index (κ3) is 6.13. The summed E-state index contributed by atoms with van der Waals surface area (Å²) < 4.78 is 0. The maximum Gasteiger partial charge on any atom is 0.0623 e. The molecule has 2 fully saturated rings. The molecule has 13 rings (SSSR count). The van der Waals surface area contributed by atoms with E-state index in [2.05, 4.69) is 169 Å². The quantitative estimate of drug-likeness (QED) is 0.303. The van der Waals surface area contributed by atoms with E-state index in [0.29, 0.717) is 59.4 Å². The largest absolute Gasteiger partial charge is 0.337 e. The molecule has 11 aliphatic rings. The van der Waals surface area contributed by atoms with Crippen LogP contribution in [0.5, 0.6) is 0 Å². The van der Waals surface area contributed by atoms with Gasteiger partial charge in [0.25, 0.3) is 0 Å². The van der Waals surface area contributed by atoms with E-state index >= 15 is 0 Å². The van der Waals surface area contributed by atoms with Gasteiger partial charge in [-0.25, -0.2) is 0 Å². The standard InChI is InChI=1S/C60H62N2/c1-37-45(38-14-3-2-4-15-38)30-31-56(49-23-13-17-41-34-53(41)49)61-60(37)59-46-18-6-5-16-39(46)27-29-52(59)55-36-43-32-40-26-28-44(33-42(40)35-54(43)47-19-7-8-20-48(47)55)62-57-24-11-9-21-50(57)51-22-10-12-25-58(51)62/h3,5-9,11-21,24-30,35,37,41-43,47-50,53,55-57,60-61H,2,4,10,22-23,31-34,36H2,1H3. The van der Waals surface area contributed by atoms with Gasteiger partial charge in [-0.3, -0.25) is 0 Å². The Labute approximate surface area is 370 Å². The van der Waals surface area contributed by atoms with Gasteiger partial charge in [0.05, 0.1) is 6.04 Å². The molecule has 0 radical (unpaired) electrons. The minimum Gasteiger partial charge on any atom is -0.337 e. The molecule has 2 heterocycles. The smallest absolute Gasteiger partial charge is 0.0623 e. The van der Waals surface area contributed by atoms with Crippen LogP contribution in [0.4, 0.5) is 0 Å². The predicted octanol–water partition coefficient (Wildman–Crippen LogP) is 13.9. The molecular weight excluding hydrogens is 749 g/mol. The average molecular weight is 811 g/mol. The van der Waals surface area contributed by atoms with Gasteiger partial charge < -0.3 is 10.2 Å². The molecular formula is C60H62N2. The maximum atomic E-state index is 4.56. The SMILES string of the molecule is CC1C(C2=CCCC=C2)=CCC(C2CC=CC3CC32)NC1c1c(C2CC3CC4=CC=C(N5C6=C(CCC=C6)C6C=CC=CC65)CC4C=C3C3C=CC=CC32)ccc2ccccc12. The summed E-state index contributed by atoms with van der Waals surface area (Å²) in [4.78, 5) is 2.72. The number of hydrogen-bond acceptors (Lipinski definition) is 2. The van der Waals surface area contributed by atoms with Crippen molar-refractivity contribution in [3.05, 3.63) is 202 Å². The topological polar surface area (TPSA) is 15.3 Å². The molecule has 0 bridgehead atoms. The highest BCUT2D eigenvalue weighted by molar-refractivity contribution is 5.88. The van der Waals surface area contributed by atoms with Crippen LogP contribution in [-0.2, 0) is 0 Å². The second-order valence-corrected chi connectivity index (χ2v) is 20.8. The predicted molar refractivity (Wildman–Crippen MR) is 257 cm³/mol. The molecule has 0 saturated heterocycles. The van der Waals surface area contributed by atoms with Gasteiger partial charge in [0.2, 0.25) is 0 Å². The lowest BCUT2D eigenvalue weighted by molar-refractivity contribution is 0.260. The van der Waals surface area contributed by atoms with Crippen molar-refractivity contribution in [1.82, 2.24) is 10.2 Å². The Morgan fingerprint density at radius 3 is 2.56 bits per heavy atom. The highest BCUT2D eigenvalue weighted by Crippen LogP contribution is 2.58. The van der Waals surface area contributed by atoms with Gasteiger partial charge in [0.1, 0.15) is 0 Å². The fourth-order valence-corrected chi connectivity index (χ4v) is 14.6. The van der Waals surface area contributed by atoms with Gasteiger partial charge in [-0.2, -0.15) is 0 Å². The Kier molecular flexibility index (Phi) is 9.17. The fourth-order valence-electron chi connectivity index (χ4n) is 14.6. The second kappa shape index (κ2) is 15.1. The van der Waals surface area contributed by atoms with Crippen molar-refractivity contribution < 1.29 is 0 Å². The minimum absolute atomic E-state index is 0.238. The van der Waals surface area contributed by atoms with Crippen molar-refractivity contribution in [3.8, 4) is 0 Å². The second-order valence-electron chi connectivity index (χ2n) is 20.8. The summed E-state index contributed by atoms with van der Waals surface area (Å²) in [7, 11) is 0. The van der Waals surface area contributed by atoms with E-state index in [9.17, 15) is 0 Å². The normalized spacial score (nSPS) is 38.4. The summed E-state index contributed by atoms with van der Waals surface area (Å²) in [6, 6.07) is 15.6. The first-order valence-corrected chi connectivity index (χ1v) is 24.7. The van der Waals surface area contributed by atoms with Gasteiger partial charge in [-0.05, 0) is 150 Å². The lowest BCUT2D eigenvalue weighted by Gasteiger charge is -2.48.